The first-order valence-corrected chi connectivity index (χ1v) is 5.94. The molecule has 1 aliphatic rings. The summed E-state index contributed by atoms with van der Waals surface area (Å²) in [6.45, 7) is 2.03. The van der Waals surface area contributed by atoms with Gasteiger partial charge in [0.15, 0.2) is 0 Å². The van der Waals surface area contributed by atoms with E-state index < -0.39 is 0 Å². The van der Waals surface area contributed by atoms with Crippen molar-refractivity contribution in [1.82, 2.24) is 5.32 Å². The summed E-state index contributed by atoms with van der Waals surface area (Å²) in [5.41, 5.74) is -0.196. The summed E-state index contributed by atoms with van der Waals surface area (Å²) in [5, 5.41) is 2.96. The summed E-state index contributed by atoms with van der Waals surface area (Å²) >= 11 is 0. The molecule has 3 heteroatoms. The molecule has 1 saturated carbocycles. The number of methoxy groups -OCH3 is 1. The maximum Gasteiger partial charge on any atom is 0.223 e. The van der Waals surface area contributed by atoms with Gasteiger partial charge in [-0.25, -0.2) is 0 Å². The monoisotopic (exact) mass is 223 g/mol. The first-order chi connectivity index (χ1) is 7.65. The van der Waals surface area contributed by atoms with E-state index in [-0.39, 0.29) is 17.6 Å². The molecule has 1 rings (SSSR count). The molecule has 0 aromatic rings. The van der Waals surface area contributed by atoms with Gasteiger partial charge in [-0.2, -0.15) is 0 Å². The molecule has 0 radical (unpaired) electrons. The van der Waals surface area contributed by atoms with Gasteiger partial charge in [0.2, 0.25) is 5.91 Å². The van der Waals surface area contributed by atoms with Crippen LogP contribution in [0.1, 0.15) is 45.4 Å². The minimum absolute atomic E-state index is 0.0589. The molecule has 0 aliphatic heterocycles. The molecule has 1 amide bonds. The van der Waals surface area contributed by atoms with Crippen molar-refractivity contribution in [2.75, 3.05) is 7.11 Å². The van der Waals surface area contributed by atoms with Crippen LogP contribution in [0.4, 0.5) is 0 Å². The fourth-order valence-electron chi connectivity index (χ4n) is 2.04. The molecule has 0 bridgehead atoms. The van der Waals surface area contributed by atoms with Crippen molar-refractivity contribution in [3.05, 3.63) is 0 Å². The van der Waals surface area contributed by atoms with Gasteiger partial charge >= 0.3 is 0 Å². The fraction of sp³-hybridized carbons (Fsp3) is 0.769. The third-order valence-electron chi connectivity index (χ3n) is 3.40. The van der Waals surface area contributed by atoms with Crippen molar-refractivity contribution in [1.29, 1.82) is 0 Å². The number of amides is 1. The van der Waals surface area contributed by atoms with Crippen molar-refractivity contribution in [3.63, 3.8) is 0 Å². The Hall–Kier alpha value is -1.01. The number of ether oxygens (including phenoxy) is 1. The van der Waals surface area contributed by atoms with Crippen molar-refractivity contribution in [2.24, 2.45) is 0 Å². The smallest absolute Gasteiger partial charge is 0.223 e. The highest BCUT2D eigenvalue weighted by atomic mass is 16.5. The molecule has 1 N–H and O–H groups in total. The molecule has 1 unspecified atom stereocenters. The Kier molecular flexibility index (Phi) is 4.82. The standard InChI is InChI=1S/C13H21NO2/c1-4-7-11(5-2)14-12(15)10-13(16-3)8-6-9-13/h1,11H,5-10H2,2-3H3,(H,14,15). The topological polar surface area (TPSA) is 38.3 Å². The van der Waals surface area contributed by atoms with E-state index in [4.69, 9.17) is 11.2 Å². The van der Waals surface area contributed by atoms with E-state index in [0.29, 0.717) is 12.8 Å². The van der Waals surface area contributed by atoms with Crippen LogP contribution in [0.3, 0.4) is 0 Å². The SMILES string of the molecule is C#CCC(CC)NC(=O)CC1(OC)CCC1. The minimum Gasteiger partial charge on any atom is -0.378 e. The largest absolute Gasteiger partial charge is 0.378 e. The van der Waals surface area contributed by atoms with E-state index in [2.05, 4.69) is 11.2 Å². The van der Waals surface area contributed by atoms with E-state index in [1.54, 1.807) is 7.11 Å². The van der Waals surface area contributed by atoms with E-state index in [1.807, 2.05) is 6.92 Å². The summed E-state index contributed by atoms with van der Waals surface area (Å²) in [5.74, 6) is 2.64. The van der Waals surface area contributed by atoms with Crippen LogP contribution < -0.4 is 5.32 Å². The van der Waals surface area contributed by atoms with Gasteiger partial charge in [-0.05, 0) is 25.7 Å². The molecular formula is C13H21NO2. The van der Waals surface area contributed by atoms with Crippen LogP contribution in [-0.4, -0.2) is 24.7 Å². The van der Waals surface area contributed by atoms with Gasteiger partial charge in [-0.1, -0.05) is 6.92 Å². The lowest BCUT2D eigenvalue weighted by molar-refractivity contribution is -0.134. The van der Waals surface area contributed by atoms with Gasteiger partial charge < -0.3 is 10.1 Å². The van der Waals surface area contributed by atoms with Crippen LogP contribution in [0.25, 0.3) is 0 Å². The fourth-order valence-corrected chi connectivity index (χ4v) is 2.04. The van der Waals surface area contributed by atoms with Crippen LogP contribution in [0, 0.1) is 12.3 Å². The molecule has 0 aromatic heterocycles. The molecule has 0 saturated heterocycles. The van der Waals surface area contributed by atoms with E-state index in [0.717, 1.165) is 25.7 Å². The number of carbonyl (C=O) groups is 1. The minimum atomic E-state index is -0.196. The summed E-state index contributed by atoms with van der Waals surface area (Å²) in [6.07, 6.45) is 10.3. The zero-order valence-corrected chi connectivity index (χ0v) is 10.2. The predicted octanol–water partition coefficient (Wildman–Crippen LogP) is 1.86. The van der Waals surface area contributed by atoms with Crippen LogP contribution in [0.2, 0.25) is 0 Å². The third-order valence-corrected chi connectivity index (χ3v) is 3.40. The maximum absolute atomic E-state index is 11.8. The molecular weight excluding hydrogens is 202 g/mol. The average Bonchev–Trinajstić information content (AvgIpc) is 2.23. The van der Waals surface area contributed by atoms with Crippen molar-refractivity contribution in [3.8, 4) is 12.3 Å². The van der Waals surface area contributed by atoms with Gasteiger partial charge in [0.1, 0.15) is 0 Å². The van der Waals surface area contributed by atoms with Crippen LogP contribution in [-0.2, 0) is 9.53 Å². The first kappa shape index (κ1) is 13.1. The quantitative estimate of drug-likeness (QED) is 0.698. The lowest BCUT2D eigenvalue weighted by atomic mass is 9.77. The van der Waals surface area contributed by atoms with Crippen LogP contribution in [0.5, 0.6) is 0 Å². The average molecular weight is 223 g/mol. The Bertz CT molecular complexity index is 271. The van der Waals surface area contributed by atoms with E-state index in [1.165, 1.54) is 0 Å². The highest BCUT2D eigenvalue weighted by molar-refractivity contribution is 5.77. The lowest BCUT2D eigenvalue weighted by Gasteiger charge is -2.40. The highest BCUT2D eigenvalue weighted by Crippen LogP contribution is 2.37. The molecule has 16 heavy (non-hydrogen) atoms. The molecule has 3 nitrogen and oxygen atoms in total. The first-order valence-electron chi connectivity index (χ1n) is 5.94. The molecule has 0 spiro atoms. The second-order valence-electron chi connectivity index (χ2n) is 4.50. The normalized spacial score (nSPS) is 19.3. The number of hydrogen-bond donors (Lipinski definition) is 1. The summed E-state index contributed by atoms with van der Waals surface area (Å²) < 4.78 is 5.42. The Morgan fingerprint density at radius 2 is 2.31 bits per heavy atom. The number of terminal acetylenes is 1. The Balaban J connectivity index is 2.37. The van der Waals surface area contributed by atoms with Crippen molar-refractivity contribution < 1.29 is 9.53 Å². The van der Waals surface area contributed by atoms with E-state index in [9.17, 15) is 4.79 Å². The van der Waals surface area contributed by atoms with Crippen molar-refractivity contribution in [2.45, 2.75) is 57.1 Å². The third kappa shape index (κ3) is 3.24. The zero-order valence-electron chi connectivity index (χ0n) is 10.2. The Morgan fingerprint density at radius 1 is 1.62 bits per heavy atom. The van der Waals surface area contributed by atoms with Crippen LogP contribution >= 0.6 is 0 Å². The predicted molar refractivity (Wildman–Crippen MR) is 63.9 cm³/mol. The highest BCUT2D eigenvalue weighted by Gasteiger charge is 2.39. The lowest BCUT2D eigenvalue weighted by Crippen LogP contribution is -2.45. The zero-order chi connectivity index (χ0) is 12.0. The number of rotatable bonds is 6. The summed E-state index contributed by atoms with van der Waals surface area (Å²) in [4.78, 5) is 11.8. The van der Waals surface area contributed by atoms with Gasteiger partial charge in [-0.3, -0.25) is 4.79 Å². The van der Waals surface area contributed by atoms with Gasteiger partial charge in [0, 0.05) is 19.6 Å². The molecule has 1 aliphatic carbocycles. The van der Waals surface area contributed by atoms with Gasteiger partial charge in [0.25, 0.3) is 0 Å². The number of hydrogen-bond acceptors (Lipinski definition) is 2. The summed E-state index contributed by atoms with van der Waals surface area (Å²) in [7, 11) is 1.69. The molecule has 1 atom stereocenters. The summed E-state index contributed by atoms with van der Waals surface area (Å²) in [6, 6.07) is 0.103. The molecule has 0 heterocycles. The van der Waals surface area contributed by atoms with Crippen molar-refractivity contribution >= 4 is 5.91 Å². The maximum atomic E-state index is 11.8. The second kappa shape index (κ2) is 5.91. The molecule has 1 fully saturated rings. The Labute approximate surface area is 97.9 Å². The molecule has 0 aromatic carbocycles. The van der Waals surface area contributed by atoms with Gasteiger partial charge in [0.05, 0.1) is 12.0 Å². The molecule has 90 valence electrons. The Morgan fingerprint density at radius 3 is 2.69 bits per heavy atom. The number of carbonyl (C=O) groups excluding carboxylic acids is 1. The van der Waals surface area contributed by atoms with Crippen LogP contribution in [0.15, 0.2) is 0 Å². The van der Waals surface area contributed by atoms with Gasteiger partial charge in [-0.15, -0.1) is 12.3 Å². The van der Waals surface area contributed by atoms with E-state index >= 15 is 0 Å². The number of nitrogens with one attached hydrogen (secondary N) is 1. The second-order valence-corrected chi connectivity index (χ2v) is 4.50.